The average Bonchev–Trinajstić information content (AvgIpc) is 3.15. The van der Waals surface area contributed by atoms with Crippen molar-refractivity contribution in [3.63, 3.8) is 0 Å². The second kappa shape index (κ2) is 7.92. The maximum atomic E-state index is 12.2. The van der Waals surface area contributed by atoms with Gasteiger partial charge in [0.15, 0.2) is 6.61 Å². The van der Waals surface area contributed by atoms with E-state index in [-0.39, 0.29) is 29.7 Å². The Labute approximate surface area is 159 Å². The minimum Gasteiger partial charge on any atom is -0.452 e. The highest BCUT2D eigenvalue weighted by atomic mass is 32.2. The molecule has 2 heterocycles. The van der Waals surface area contributed by atoms with Crippen molar-refractivity contribution < 1.29 is 19.1 Å². The van der Waals surface area contributed by atoms with Crippen LogP contribution >= 0.6 is 23.1 Å². The van der Waals surface area contributed by atoms with Crippen molar-refractivity contribution in [2.45, 2.75) is 30.0 Å². The van der Waals surface area contributed by atoms with Gasteiger partial charge >= 0.3 is 5.97 Å². The zero-order valence-electron chi connectivity index (χ0n) is 14.3. The van der Waals surface area contributed by atoms with E-state index < -0.39 is 5.97 Å². The largest absolute Gasteiger partial charge is 0.452 e. The van der Waals surface area contributed by atoms with Crippen molar-refractivity contribution in [1.82, 2.24) is 5.32 Å². The lowest BCUT2D eigenvalue weighted by molar-refractivity contribution is -0.124. The molecule has 1 aromatic carbocycles. The molecule has 1 aromatic heterocycles. The first-order chi connectivity index (χ1) is 12.4. The van der Waals surface area contributed by atoms with Gasteiger partial charge in [0.25, 0.3) is 5.91 Å². The van der Waals surface area contributed by atoms with Gasteiger partial charge in [-0.3, -0.25) is 9.59 Å². The first-order valence-corrected chi connectivity index (χ1v) is 9.81. The molecule has 2 amide bonds. The molecule has 8 heteroatoms. The van der Waals surface area contributed by atoms with Gasteiger partial charge in [-0.15, -0.1) is 23.1 Å². The molecule has 0 aliphatic carbocycles. The van der Waals surface area contributed by atoms with Gasteiger partial charge in [0, 0.05) is 9.77 Å². The number of nitrogens with one attached hydrogen (secondary N) is 2. The van der Waals surface area contributed by atoms with E-state index in [1.54, 1.807) is 29.5 Å². The molecule has 2 unspecified atom stereocenters. The van der Waals surface area contributed by atoms with Crippen molar-refractivity contribution in [2.24, 2.45) is 0 Å². The van der Waals surface area contributed by atoms with Crippen LogP contribution in [0.15, 0.2) is 40.6 Å². The first kappa shape index (κ1) is 18.5. The summed E-state index contributed by atoms with van der Waals surface area (Å²) in [5.41, 5.74) is 0.877. The van der Waals surface area contributed by atoms with E-state index in [0.717, 1.165) is 9.77 Å². The number of rotatable bonds is 5. The van der Waals surface area contributed by atoms with Crippen molar-refractivity contribution in [1.29, 1.82) is 0 Å². The fourth-order valence-corrected chi connectivity index (χ4v) is 4.11. The van der Waals surface area contributed by atoms with Crippen molar-refractivity contribution in [3.05, 3.63) is 46.2 Å². The monoisotopic (exact) mass is 390 g/mol. The lowest BCUT2D eigenvalue weighted by Gasteiger charge is -2.21. The average molecular weight is 390 g/mol. The van der Waals surface area contributed by atoms with Gasteiger partial charge in [0.1, 0.15) is 0 Å². The molecule has 136 valence electrons. The fraction of sp³-hybridized carbons (Fsp3) is 0.278. The molecule has 0 bridgehead atoms. The maximum absolute atomic E-state index is 12.2. The van der Waals surface area contributed by atoms with Crippen molar-refractivity contribution in [2.75, 3.05) is 11.9 Å². The zero-order valence-corrected chi connectivity index (χ0v) is 15.9. The molecule has 0 saturated carbocycles. The van der Waals surface area contributed by atoms with Crippen LogP contribution in [0.2, 0.25) is 0 Å². The van der Waals surface area contributed by atoms with Crippen LogP contribution in [0.3, 0.4) is 0 Å². The van der Waals surface area contributed by atoms with Gasteiger partial charge < -0.3 is 15.4 Å². The summed E-state index contributed by atoms with van der Waals surface area (Å²) in [4.78, 5) is 37.8. The summed E-state index contributed by atoms with van der Waals surface area (Å²) in [6, 6.07) is 8.67. The Morgan fingerprint density at radius 3 is 2.88 bits per heavy atom. The molecule has 0 radical (unpaired) electrons. The molecule has 1 aliphatic heterocycles. The van der Waals surface area contributed by atoms with E-state index in [9.17, 15) is 14.4 Å². The SMILES string of the molecule is CC1Sc2ccc(C(=O)OCC(=O)NC(C)c3cccs3)cc2NC1=O. The predicted octanol–water partition coefficient (Wildman–Crippen LogP) is 3.22. The third-order valence-electron chi connectivity index (χ3n) is 3.83. The minimum atomic E-state index is -0.607. The van der Waals surface area contributed by atoms with E-state index in [1.165, 1.54) is 11.8 Å². The third-order valence-corrected chi connectivity index (χ3v) is 6.06. The van der Waals surface area contributed by atoms with E-state index in [0.29, 0.717) is 11.3 Å². The summed E-state index contributed by atoms with van der Waals surface area (Å²) in [5, 5.41) is 7.31. The molecule has 2 atom stereocenters. The smallest absolute Gasteiger partial charge is 0.338 e. The normalized spacial score (nSPS) is 17.0. The summed E-state index contributed by atoms with van der Waals surface area (Å²) in [6.45, 7) is 3.33. The van der Waals surface area contributed by atoms with Crippen LogP contribution in [-0.2, 0) is 14.3 Å². The molecule has 0 saturated heterocycles. The molecular weight excluding hydrogens is 372 g/mol. The molecular formula is C18H18N2O4S2. The number of fused-ring (bicyclic) bond motifs is 1. The van der Waals surface area contributed by atoms with Gasteiger partial charge in [0.05, 0.1) is 22.5 Å². The number of thiophene rings is 1. The fourth-order valence-electron chi connectivity index (χ4n) is 2.44. The molecule has 26 heavy (non-hydrogen) atoms. The molecule has 3 rings (SSSR count). The van der Waals surface area contributed by atoms with Crippen LogP contribution in [0.4, 0.5) is 5.69 Å². The molecule has 6 nitrogen and oxygen atoms in total. The Bertz CT molecular complexity index is 836. The Hall–Kier alpha value is -2.32. The molecule has 0 fully saturated rings. The molecule has 2 N–H and O–H groups in total. The molecule has 0 spiro atoms. The second-order valence-electron chi connectivity index (χ2n) is 5.84. The number of ether oxygens (including phenoxy) is 1. The Morgan fingerprint density at radius 1 is 1.35 bits per heavy atom. The van der Waals surface area contributed by atoms with Crippen LogP contribution in [0.1, 0.15) is 35.1 Å². The van der Waals surface area contributed by atoms with Crippen molar-refractivity contribution in [3.8, 4) is 0 Å². The zero-order chi connectivity index (χ0) is 18.7. The van der Waals surface area contributed by atoms with Crippen LogP contribution in [0.25, 0.3) is 0 Å². The lowest BCUT2D eigenvalue weighted by Crippen LogP contribution is -2.30. The number of thioether (sulfide) groups is 1. The van der Waals surface area contributed by atoms with Crippen LogP contribution in [0, 0.1) is 0 Å². The number of carbonyl (C=O) groups excluding carboxylic acids is 3. The van der Waals surface area contributed by atoms with Gasteiger partial charge in [-0.25, -0.2) is 4.79 Å². The third kappa shape index (κ3) is 4.25. The Morgan fingerprint density at radius 2 is 2.15 bits per heavy atom. The van der Waals surface area contributed by atoms with Crippen LogP contribution in [0.5, 0.6) is 0 Å². The number of anilines is 1. The number of esters is 1. The summed E-state index contributed by atoms with van der Waals surface area (Å²) in [5.74, 6) is -1.07. The molecule has 1 aliphatic rings. The van der Waals surface area contributed by atoms with E-state index in [2.05, 4.69) is 10.6 Å². The molecule has 2 aromatic rings. The Balaban J connectivity index is 1.56. The van der Waals surface area contributed by atoms with E-state index in [4.69, 9.17) is 4.74 Å². The van der Waals surface area contributed by atoms with Crippen LogP contribution < -0.4 is 10.6 Å². The highest BCUT2D eigenvalue weighted by Crippen LogP contribution is 2.36. The highest BCUT2D eigenvalue weighted by molar-refractivity contribution is 8.00. The highest BCUT2D eigenvalue weighted by Gasteiger charge is 2.24. The number of carbonyl (C=O) groups is 3. The quantitative estimate of drug-likeness (QED) is 0.766. The first-order valence-electron chi connectivity index (χ1n) is 8.05. The van der Waals surface area contributed by atoms with E-state index in [1.807, 2.05) is 31.4 Å². The second-order valence-corrected chi connectivity index (χ2v) is 8.20. The van der Waals surface area contributed by atoms with E-state index >= 15 is 0 Å². The van der Waals surface area contributed by atoms with Gasteiger partial charge in [-0.1, -0.05) is 6.07 Å². The predicted molar refractivity (Wildman–Crippen MR) is 102 cm³/mol. The summed E-state index contributed by atoms with van der Waals surface area (Å²) >= 11 is 2.99. The maximum Gasteiger partial charge on any atom is 0.338 e. The minimum absolute atomic E-state index is 0.102. The summed E-state index contributed by atoms with van der Waals surface area (Å²) in [6.07, 6.45) is 0. The lowest BCUT2D eigenvalue weighted by atomic mass is 10.2. The topological polar surface area (TPSA) is 84.5 Å². The number of benzene rings is 1. The van der Waals surface area contributed by atoms with Gasteiger partial charge in [0.2, 0.25) is 5.91 Å². The summed E-state index contributed by atoms with van der Waals surface area (Å²) < 4.78 is 5.08. The summed E-state index contributed by atoms with van der Waals surface area (Å²) in [7, 11) is 0. The van der Waals surface area contributed by atoms with Gasteiger partial charge in [-0.2, -0.15) is 0 Å². The Kier molecular flexibility index (Phi) is 5.63. The van der Waals surface area contributed by atoms with Crippen LogP contribution in [-0.4, -0.2) is 29.6 Å². The number of hydrogen-bond donors (Lipinski definition) is 2. The number of amides is 2. The standard InChI is InChI=1S/C18H18N2O4S2/c1-10(14-4-3-7-25-14)19-16(21)9-24-18(23)12-5-6-15-13(8-12)20-17(22)11(2)26-15/h3-8,10-11H,9H2,1-2H3,(H,19,21)(H,20,22). The number of hydrogen-bond acceptors (Lipinski definition) is 6. The van der Waals surface area contributed by atoms with Gasteiger partial charge in [-0.05, 0) is 43.5 Å². The van der Waals surface area contributed by atoms with Crippen molar-refractivity contribution >= 4 is 46.6 Å².